The van der Waals surface area contributed by atoms with E-state index < -0.39 is 0 Å². The van der Waals surface area contributed by atoms with Crippen LogP contribution in [0.2, 0.25) is 0 Å². The SMILES string of the molecule is O[C@H]1CCc2cccnc2C1. The average Bonchev–Trinajstić information content (AvgIpc) is 2.04. The zero-order valence-corrected chi connectivity index (χ0v) is 6.33. The Kier molecular flexibility index (Phi) is 1.62. The summed E-state index contributed by atoms with van der Waals surface area (Å²) in [4.78, 5) is 4.21. The molecule has 0 saturated heterocycles. The van der Waals surface area contributed by atoms with E-state index in [2.05, 4.69) is 11.1 Å². The van der Waals surface area contributed by atoms with Gasteiger partial charge in [0.15, 0.2) is 0 Å². The summed E-state index contributed by atoms with van der Waals surface area (Å²) < 4.78 is 0. The third-order valence-corrected chi connectivity index (χ3v) is 2.16. The summed E-state index contributed by atoms with van der Waals surface area (Å²) in [6.45, 7) is 0. The summed E-state index contributed by atoms with van der Waals surface area (Å²) in [6.07, 6.45) is 4.22. The molecule has 0 fully saturated rings. The molecular weight excluding hydrogens is 138 g/mol. The van der Waals surface area contributed by atoms with Crippen molar-refractivity contribution in [3.8, 4) is 0 Å². The van der Waals surface area contributed by atoms with E-state index in [1.165, 1.54) is 5.56 Å². The summed E-state index contributed by atoms with van der Waals surface area (Å²) in [6, 6.07) is 4.05. The lowest BCUT2D eigenvalue weighted by Gasteiger charge is -2.18. The third kappa shape index (κ3) is 1.26. The topological polar surface area (TPSA) is 33.1 Å². The van der Waals surface area contributed by atoms with Gasteiger partial charge in [-0.1, -0.05) is 6.07 Å². The first kappa shape index (κ1) is 6.80. The second-order valence-corrected chi connectivity index (χ2v) is 3.01. The summed E-state index contributed by atoms with van der Waals surface area (Å²) in [5.41, 5.74) is 2.38. The molecule has 2 rings (SSSR count). The molecule has 2 nitrogen and oxygen atoms in total. The van der Waals surface area contributed by atoms with Crippen LogP contribution in [0.3, 0.4) is 0 Å². The number of hydrogen-bond donors (Lipinski definition) is 1. The minimum absolute atomic E-state index is 0.169. The number of aromatic nitrogens is 1. The summed E-state index contributed by atoms with van der Waals surface area (Å²) in [5.74, 6) is 0. The Morgan fingerprint density at radius 2 is 2.45 bits per heavy atom. The number of fused-ring (bicyclic) bond motifs is 1. The van der Waals surface area contributed by atoms with Crippen LogP contribution in [0.15, 0.2) is 18.3 Å². The summed E-state index contributed by atoms with van der Waals surface area (Å²) in [5, 5.41) is 9.32. The van der Waals surface area contributed by atoms with Crippen molar-refractivity contribution in [3.05, 3.63) is 29.6 Å². The largest absolute Gasteiger partial charge is 0.393 e. The molecule has 0 amide bonds. The standard InChI is InChI=1S/C9H11NO/c11-8-4-3-7-2-1-5-10-9(7)6-8/h1-2,5,8,11H,3-4,6H2/t8-/m0/s1. The van der Waals surface area contributed by atoms with Crippen molar-refractivity contribution in [1.29, 1.82) is 0 Å². The van der Waals surface area contributed by atoms with Crippen molar-refractivity contribution in [1.82, 2.24) is 4.98 Å². The highest BCUT2D eigenvalue weighted by Gasteiger charge is 2.15. The molecule has 2 heteroatoms. The second-order valence-electron chi connectivity index (χ2n) is 3.01. The molecule has 1 heterocycles. The molecule has 0 unspecified atom stereocenters. The van der Waals surface area contributed by atoms with Gasteiger partial charge in [-0.3, -0.25) is 4.98 Å². The molecule has 58 valence electrons. The van der Waals surface area contributed by atoms with Crippen molar-refractivity contribution < 1.29 is 5.11 Å². The van der Waals surface area contributed by atoms with E-state index in [0.717, 1.165) is 25.0 Å². The minimum Gasteiger partial charge on any atom is -0.393 e. The fourth-order valence-electron chi connectivity index (χ4n) is 1.53. The van der Waals surface area contributed by atoms with Crippen LogP contribution < -0.4 is 0 Å². The monoisotopic (exact) mass is 149 g/mol. The van der Waals surface area contributed by atoms with Gasteiger partial charge in [-0.25, -0.2) is 0 Å². The Bertz CT molecular complexity index is 259. The van der Waals surface area contributed by atoms with E-state index in [9.17, 15) is 5.11 Å². The zero-order valence-electron chi connectivity index (χ0n) is 6.33. The molecule has 1 aliphatic rings. The maximum Gasteiger partial charge on any atom is 0.0598 e. The van der Waals surface area contributed by atoms with Gasteiger partial charge in [-0.15, -0.1) is 0 Å². The number of aliphatic hydroxyl groups is 1. The highest BCUT2D eigenvalue weighted by atomic mass is 16.3. The van der Waals surface area contributed by atoms with Crippen LogP contribution in [0.1, 0.15) is 17.7 Å². The lowest BCUT2D eigenvalue weighted by atomic mass is 9.94. The average molecular weight is 149 g/mol. The number of pyridine rings is 1. The molecule has 1 atom stereocenters. The van der Waals surface area contributed by atoms with Gasteiger partial charge in [0.2, 0.25) is 0 Å². The number of hydrogen-bond acceptors (Lipinski definition) is 2. The molecule has 0 aliphatic heterocycles. The molecule has 0 radical (unpaired) electrons. The van der Waals surface area contributed by atoms with E-state index in [4.69, 9.17) is 0 Å². The molecule has 1 aromatic heterocycles. The Morgan fingerprint density at radius 3 is 3.36 bits per heavy atom. The Morgan fingerprint density at radius 1 is 1.55 bits per heavy atom. The second kappa shape index (κ2) is 2.62. The first-order valence-electron chi connectivity index (χ1n) is 3.97. The fourth-order valence-corrected chi connectivity index (χ4v) is 1.53. The maximum atomic E-state index is 9.32. The predicted molar refractivity (Wildman–Crippen MR) is 42.3 cm³/mol. The van der Waals surface area contributed by atoms with Crippen molar-refractivity contribution in [2.24, 2.45) is 0 Å². The molecule has 0 saturated carbocycles. The van der Waals surface area contributed by atoms with Crippen LogP contribution in [0, 0.1) is 0 Å². The van der Waals surface area contributed by atoms with Crippen molar-refractivity contribution >= 4 is 0 Å². The Hall–Kier alpha value is -0.890. The number of rotatable bonds is 0. The molecule has 0 bridgehead atoms. The van der Waals surface area contributed by atoms with E-state index in [1.54, 1.807) is 6.20 Å². The predicted octanol–water partition coefficient (Wildman–Crippen LogP) is 0.931. The van der Waals surface area contributed by atoms with Gasteiger partial charge in [0.1, 0.15) is 0 Å². The highest BCUT2D eigenvalue weighted by Crippen LogP contribution is 2.18. The first-order valence-corrected chi connectivity index (χ1v) is 3.97. The van der Waals surface area contributed by atoms with Crippen molar-refractivity contribution in [2.75, 3.05) is 0 Å². The van der Waals surface area contributed by atoms with E-state index in [-0.39, 0.29) is 6.10 Å². The molecule has 11 heavy (non-hydrogen) atoms. The van der Waals surface area contributed by atoms with Crippen LogP contribution >= 0.6 is 0 Å². The van der Waals surface area contributed by atoms with Crippen LogP contribution in [0.5, 0.6) is 0 Å². The molecular formula is C9H11NO. The van der Waals surface area contributed by atoms with Gasteiger partial charge >= 0.3 is 0 Å². The van der Waals surface area contributed by atoms with Crippen LogP contribution in [-0.2, 0) is 12.8 Å². The fraction of sp³-hybridized carbons (Fsp3) is 0.444. The maximum absolute atomic E-state index is 9.32. The highest BCUT2D eigenvalue weighted by molar-refractivity contribution is 5.22. The first-order chi connectivity index (χ1) is 5.36. The third-order valence-electron chi connectivity index (χ3n) is 2.16. The molecule has 0 spiro atoms. The lowest BCUT2D eigenvalue weighted by Crippen LogP contribution is -2.19. The zero-order chi connectivity index (χ0) is 7.68. The van der Waals surface area contributed by atoms with Crippen LogP contribution in [0.25, 0.3) is 0 Å². The molecule has 0 aromatic carbocycles. The van der Waals surface area contributed by atoms with Gasteiger partial charge in [0.25, 0.3) is 0 Å². The van der Waals surface area contributed by atoms with Crippen molar-refractivity contribution in [3.63, 3.8) is 0 Å². The van der Waals surface area contributed by atoms with E-state index in [0.29, 0.717) is 0 Å². The van der Waals surface area contributed by atoms with E-state index in [1.807, 2.05) is 6.07 Å². The van der Waals surface area contributed by atoms with Gasteiger partial charge < -0.3 is 5.11 Å². The smallest absolute Gasteiger partial charge is 0.0598 e. The summed E-state index contributed by atoms with van der Waals surface area (Å²) in [7, 11) is 0. The van der Waals surface area contributed by atoms with Gasteiger partial charge in [-0.05, 0) is 24.5 Å². The summed E-state index contributed by atoms with van der Waals surface area (Å²) >= 11 is 0. The van der Waals surface area contributed by atoms with Crippen LogP contribution in [-0.4, -0.2) is 16.2 Å². The number of aryl methyl sites for hydroxylation is 1. The number of nitrogens with zero attached hydrogens (tertiary/aromatic N) is 1. The lowest BCUT2D eigenvalue weighted by molar-refractivity contribution is 0.157. The Balaban J connectivity index is 2.34. The minimum atomic E-state index is -0.169. The molecule has 1 N–H and O–H groups in total. The molecule has 1 aliphatic carbocycles. The van der Waals surface area contributed by atoms with Crippen molar-refractivity contribution in [2.45, 2.75) is 25.4 Å². The quantitative estimate of drug-likeness (QED) is 0.595. The Labute approximate surface area is 65.9 Å². The number of aliphatic hydroxyl groups excluding tert-OH is 1. The van der Waals surface area contributed by atoms with Gasteiger partial charge in [-0.2, -0.15) is 0 Å². The van der Waals surface area contributed by atoms with Crippen LogP contribution in [0.4, 0.5) is 0 Å². The van der Waals surface area contributed by atoms with E-state index >= 15 is 0 Å². The normalized spacial score (nSPS) is 22.8. The molecule has 1 aromatic rings. The van der Waals surface area contributed by atoms with Gasteiger partial charge in [0.05, 0.1) is 6.10 Å². The van der Waals surface area contributed by atoms with Gasteiger partial charge in [0, 0.05) is 18.3 Å².